The first-order valence-corrected chi connectivity index (χ1v) is 7.84. The molecule has 3 nitrogen and oxygen atoms in total. The normalized spacial score (nSPS) is 10.7. The molecule has 3 rings (SSSR count). The summed E-state index contributed by atoms with van der Waals surface area (Å²) in [5, 5.41) is 0.599. The number of hydrogen-bond acceptors (Lipinski definition) is 2. The number of hydrogen-bond donors (Lipinski definition) is 0. The van der Waals surface area contributed by atoms with Crippen LogP contribution in [0.3, 0.4) is 0 Å². The topological polar surface area (TPSA) is 34.9 Å². The van der Waals surface area contributed by atoms with Crippen LogP contribution in [0, 0.1) is 0 Å². The maximum absolute atomic E-state index is 11.7. The van der Waals surface area contributed by atoms with Gasteiger partial charge in [0.25, 0.3) is 0 Å². The lowest BCUT2D eigenvalue weighted by Gasteiger charge is -2.09. The molecule has 0 radical (unpaired) electrons. The Morgan fingerprint density at radius 3 is 2.45 bits per heavy atom. The lowest BCUT2D eigenvalue weighted by molar-refractivity contribution is 0.101. The first kappa shape index (κ1) is 15.0. The molecule has 3 aromatic rings. The van der Waals surface area contributed by atoms with Gasteiger partial charge in [-0.3, -0.25) is 9.36 Å². The molecule has 0 N–H and O–H groups in total. The molecule has 0 unspecified atom stereocenters. The number of benzene rings is 2. The SMILES string of the molecule is CC(=O)c1cn(-c2ccc(Br)cc2)c(-c2ccccc2Cl)n1. The third kappa shape index (κ3) is 2.85. The van der Waals surface area contributed by atoms with Crippen LogP contribution in [-0.4, -0.2) is 15.3 Å². The van der Waals surface area contributed by atoms with Crippen molar-refractivity contribution in [3.63, 3.8) is 0 Å². The molecule has 0 amide bonds. The highest BCUT2D eigenvalue weighted by atomic mass is 79.9. The van der Waals surface area contributed by atoms with Gasteiger partial charge in [-0.15, -0.1) is 0 Å². The average Bonchev–Trinajstić information content (AvgIpc) is 2.94. The van der Waals surface area contributed by atoms with E-state index >= 15 is 0 Å². The van der Waals surface area contributed by atoms with Crippen molar-refractivity contribution in [1.82, 2.24) is 9.55 Å². The van der Waals surface area contributed by atoms with Crippen LogP contribution >= 0.6 is 27.5 Å². The van der Waals surface area contributed by atoms with Crippen molar-refractivity contribution in [3.05, 3.63) is 69.9 Å². The predicted octanol–water partition coefficient (Wildman–Crippen LogP) is 5.16. The van der Waals surface area contributed by atoms with E-state index in [0.717, 1.165) is 15.7 Å². The van der Waals surface area contributed by atoms with Gasteiger partial charge >= 0.3 is 0 Å². The van der Waals surface area contributed by atoms with Crippen molar-refractivity contribution in [1.29, 1.82) is 0 Å². The van der Waals surface area contributed by atoms with Crippen LogP contribution < -0.4 is 0 Å². The van der Waals surface area contributed by atoms with Gasteiger partial charge in [0.15, 0.2) is 5.78 Å². The summed E-state index contributed by atoms with van der Waals surface area (Å²) in [6, 6.07) is 15.3. The Morgan fingerprint density at radius 1 is 1.14 bits per heavy atom. The number of imidazole rings is 1. The van der Waals surface area contributed by atoms with E-state index in [1.165, 1.54) is 6.92 Å². The third-order valence-electron chi connectivity index (χ3n) is 3.29. The summed E-state index contributed by atoms with van der Waals surface area (Å²) in [5.41, 5.74) is 2.12. The van der Waals surface area contributed by atoms with Gasteiger partial charge in [0.2, 0.25) is 0 Å². The summed E-state index contributed by atoms with van der Waals surface area (Å²) < 4.78 is 2.87. The van der Waals surface area contributed by atoms with Crippen molar-refractivity contribution < 1.29 is 4.79 Å². The van der Waals surface area contributed by atoms with Crippen molar-refractivity contribution >= 4 is 33.3 Å². The minimum absolute atomic E-state index is 0.0795. The maximum atomic E-state index is 11.7. The molecule has 0 aliphatic rings. The van der Waals surface area contributed by atoms with Crippen molar-refractivity contribution in [3.8, 4) is 17.1 Å². The highest BCUT2D eigenvalue weighted by Crippen LogP contribution is 2.29. The molecule has 22 heavy (non-hydrogen) atoms. The molecular weight excluding hydrogens is 364 g/mol. The molecule has 0 fully saturated rings. The highest BCUT2D eigenvalue weighted by molar-refractivity contribution is 9.10. The van der Waals surface area contributed by atoms with Crippen LogP contribution in [0.4, 0.5) is 0 Å². The number of carbonyl (C=O) groups is 1. The Morgan fingerprint density at radius 2 is 1.82 bits per heavy atom. The standard InChI is InChI=1S/C17H12BrClN2O/c1-11(22)16-10-21(13-8-6-12(18)7-9-13)17(20-16)14-4-2-3-5-15(14)19/h2-10H,1H3. The zero-order valence-corrected chi connectivity index (χ0v) is 14.1. The Hall–Kier alpha value is -1.91. The molecule has 0 atom stereocenters. The number of halogens is 2. The van der Waals surface area contributed by atoms with E-state index in [0.29, 0.717) is 16.5 Å². The lowest BCUT2D eigenvalue weighted by Crippen LogP contribution is -1.96. The molecule has 1 aromatic heterocycles. The van der Waals surface area contributed by atoms with Crippen LogP contribution in [0.25, 0.3) is 17.1 Å². The van der Waals surface area contributed by atoms with Gasteiger partial charge in [-0.2, -0.15) is 0 Å². The fourth-order valence-corrected chi connectivity index (χ4v) is 2.67. The summed E-state index contributed by atoms with van der Waals surface area (Å²) in [6.45, 7) is 1.50. The second-order valence-electron chi connectivity index (χ2n) is 4.83. The van der Waals surface area contributed by atoms with E-state index in [4.69, 9.17) is 11.6 Å². The predicted molar refractivity (Wildman–Crippen MR) is 91.7 cm³/mol. The first-order valence-electron chi connectivity index (χ1n) is 6.67. The fraction of sp³-hybridized carbons (Fsp3) is 0.0588. The average molecular weight is 376 g/mol. The molecule has 0 saturated carbocycles. The van der Waals surface area contributed by atoms with Crippen LogP contribution in [0.15, 0.2) is 59.2 Å². The molecule has 0 bridgehead atoms. The van der Waals surface area contributed by atoms with Crippen molar-refractivity contribution in [2.45, 2.75) is 6.92 Å². The molecule has 5 heteroatoms. The Labute approximate surface area is 141 Å². The van der Waals surface area contributed by atoms with E-state index in [1.807, 2.05) is 53.1 Å². The van der Waals surface area contributed by atoms with Crippen LogP contribution in [-0.2, 0) is 0 Å². The van der Waals surface area contributed by atoms with Crippen LogP contribution in [0.1, 0.15) is 17.4 Å². The molecule has 0 spiro atoms. The molecule has 0 saturated heterocycles. The van der Waals surface area contributed by atoms with E-state index in [2.05, 4.69) is 20.9 Å². The monoisotopic (exact) mass is 374 g/mol. The summed E-state index contributed by atoms with van der Waals surface area (Å²) in [5.74, 6) is 0.572. The van der Waals surface area contributed by atoms with Crippen molar-refractivity contribution in [2.75, 3.05) is 0 Å². The summed E-state index contributed by atoms with van der Waals surface area (Å²) in [4.78, 5) is 16.2. The van der Waals surface area contributed by atoms with Crippen LogP contribution in [0.2, 0.25) is 5.02 Å². The molecule has 1 heterocycles. The minimum Gasteiger partial charge on any atom is -0.299 e. The van der Waals surface area contributed by atoms with E-state index in [9.17, 15) is 4.79 Å². The smallest absolute Gasteiger partial charge is 0.179 e. The van der Waals surface area contributed by atoms with E-state index in [-0.39, 0.29) is 5.78 Å². The number of Topliss-reactive ketones (excluding diaryl/α,β-unsaturated/α-hetero) is 1. The van der Waals surface area contributed by atoms with Crippen molar-refractivity contribution in [2.24, 2.45) is 0 Å². The van der Waals surface area contributed by atoms with Gasteiger partial charge in [0.05, 0.1) is 5.02 Å². The summed E-state index contributed by atoms with van der Waals surface area (Å²) in [6.07, 6.45) is 1.74. The Kier molecular flexibility index (Phi) is 4.14. The highest BCUT2D eigenvalue weighted by Gasteiger charge is 2.16. The van der Waals surface area contributed by atoms with Gasteiger partial charge in [-0.25, -0.2) is 4.98 Å². The molecular formula is C17H12BrClN2O. The molecule has 2 aromatic carbocycles. The number of ketones is 1. The van der Waals surface area contributed by atoms with E-state index in [1.54, 1.807) is 6.20 Å². The number of carbonyl (C=O) groups excluding carboxylic acids is 1. The second kappa shape index (κ2) is 6.07. The van der Waals surface area contributed by atoms with Gasteiger partial charge < -0.3 is 0 Å². The van der Waals surface area contributed by atoms with E-state index < -0.39 is 0 Å². The zero-order chi connectivity index (χ0) is 15.7. The number of aromatic nitrogens is 2. The second-order valence-corrected chi connectivity index (χ2v) is 6.16. The largest absolute Gasteiger partial charge is 0.299 e. The van der Waals surface area contributed by atoms with Gasteiger partial charge in [-0.1, -0.05) is 39.7 Å². The minimum atomic E-state index is -0.0795. The zero-order valence-electron chi connectivity index (χ0n) is 11.8. The summed E-state index contributed by atoms with van der Waals surface area (Å²) >= 11 is 9.71. The van der Waals surface area contributed by atoms with Gasteiger partial charge in [-0.05, 0) is 36.4 Å². The molecule has 0 aliphatic heterocycles. The Balaban J connectivity index is 2.23. The first-order chi connectivity index (χ1) is 10.6. The molecule has 0 aliphatic carbocycles. The fourth-order valence-electron chi connectivity index (χ4n) is 2.18. The lowest BCUT2D eigenvalue weighted by atomic mass is 10.2. The maximum Gasteiger partial charge on any atom is 0.179 e. The van der Waals surface area contributed by atoms with Crippen LogP contribution in [0.5, 0.6) is 0 Å². The number of rotatable bonds is 3. The third-order valence-corrected chi connectivity index (χ3v) is 4.14. The quantitative estimate of drug-likeness (QED) is 0.593. The number of nitrogens with zero attached hydrogens (tertiary/aromatic N) is 2. The van der Waals surface area contributed by atoms with Gasteiger partial charge in [0, 0.05) is 28.8 Å². The molecule has 110 valence electrons. The Bertz CT molecular complexity index is 840. The summed E-state index contributed by atoms with van der Waals surface area (Å²) in [7, 11) is 0. The van der Waals surface area contributed by atoms with Gasteiger partial charge in [0.1, 0.15) is 11.5 Å².